The predicted molar refractivity (Wildman–Crippen MR) is 159 cm³/mol. The van der Waals surface area contributed by atoms with Crippen LogP contribution in [0.1, 0.15) is 51.7 Å². The van der Waals surface area contributed by atoms with Gasteiger partial charge in [-0.3, -0.25) is 9.59 Å². The minimum atomic E-state index is -4.64. The first-order valence-corrected chi connectivity index (χ1v) is 14.3. The van der Waals surface area contributed by atoms with Crippen LogP contribution in [0.3, 0.4) is 0 Å². The van der Waals surface area contributed by atoms with Gasteiger partial charge in [-0.2, -0.15) is 13.2 Å². The van der Waals surface area contributed by atoms with Crippen molar-refractivity contribution in [3.8, 4) is 10.6 Å². The Kier molecular flexibility index (Phi) is 8.16. The van der Waals surface area contributed by atoms with Gasteiger partial charge in [-0.25, -0.2) is 4.98 Å². The lowest BCUT2D eigenvalue weighted by atomic mass is 9.84. The van der Waals surface area contributed by atoms with E-state index in [0.29, 0.717) is 10.6 Å². The highest BCUT2D eigenvalue weighted by molar-refractivity contribution is 7.15. The van der Waals surface area contributed by atoms with E-state index in [2.05, 4.69) is 4.98 Å². The van der Waals surface area contributed by atoms with Crippen LogP contribution in [-0.4, -0.2) is 28.9 Å². The van der Waals surface area contributed by atoms with Gasteiger partial charge in [-0.15, -0.1) is 11.3 Å². The summed E-state index contributed by atoms with van der Waals surface area (Å²) in [4.78, 5) is 33.2. The van der Waals surface area contributed by atoms with Gasteiger partial charge in [-0.1, -0.05) is 54.6 Å². The highest BCUT2D eigenvalue weighted by Gasteiger charge is 2.35. The first kappa shape index (κ1) is 30.0. The van der Waals surface area contributed by atoms with Crippen molar-refractivity contribution in [2.75, 3.05) is 7.11 Å². The Balaban J connectivity index is 1.49. The molecule has 10 heteroatoms. The number of amides is 1. The van der Waals surface area contributed by atoms with Crippen molar-refractivity contribution in [3.63, 3.8) is 0 Å². The van der Waals surface area contributed by atoms with Gasteiger partial charge in [0.05, 0.1) is 31.2 Å². The Morgan fingerprint density at radius 3 is 2.47 bits per heavy atom. The summed E-state index contributed by atoms with van der Waals surface area (Å²) >= 11 is 1.36. The Morgan fingerprint density at radius 1 is 0.977 bits per heavy atom. The fourth-order valence-electron chi connectivity index (χ4n) is 4.94. The third-order valence-corrected chi connectivity index (χ3v) is 8.38. The van der Waals surface area contributed by atoms with Crippen LogP contribution in [0.4, 0.5) is 13.2 Å². The number of hydrogen-bond acceptors (Lipinski definition) is 6. The second-order valence-electron chi connectivity index (χ2n) is 10.7. The van der Waals surface area contributed by atoms with Gasteiger partial charge in [0.2, 0.25) is 5.76 Å². The van der Waals surface area contributed by atoms with E-state index in [-0.39, 0.29) is 30.7 Å². The minimum absolute atomic E-state index is 0.0149. The number of nitrogens with zero attached hydrogens (tertiary/aromatic N) is 2. The van der Waals surface area contributed by atoms with Crippen molar-refractivity contribution in [2.24, 2.45) is 0 Å². The molecule has 2 heterocycles. The lowest BCUT2D eigenvalue weighted by molar-refractivity contribution is -0.153. The highest BCUT2D eigenvalue weighted by Crippen LogP contribution is 2.34. The topological polar surface area (TPSA) is 72.6 Å². The number of rotatable bonds is 8. The molecule has 3 aromatic carbocycles. The summed E-state index contributed by atoms with van der Waals surface area (Å²) in [6.07, 6.45) is -2.99. The van der Waals surface area contributed by atoms with Gasteiger partial charge in [-0.05, 0) is 60.9 Å². The Hall–Kier alpha value is -4.44. The molecule has 0 bridgehead atoms. The third kappa shape index (κ3) is 6.19. The van der Waals surface area contributed by atoms with E-state index in [9.17, 15) is 22.8 Å². The average molecular weight is 607 g/mol. The molecule has 0 atom stereocenters. The van der Waals surface area contributed by atoms with Crippen LogP contribution in [0.2, 0.25) is 0 Å². The van der Waals surface area contributed by atoms with Crippen molar-refractivity contribution in [1.82, 2.24) is 9.88 Å². The van der Waals surface area contributed by atoms with Gasteiger partial charge in [0, 0.05) is 16.6 Å². The van der Waals surface area contributed by atoms with Crippen molar-refractivity contribution in [1.29, 1.82) is 0 Å². The number of halogens is 3. The van der Waals surface area contributed by atoms with Crippen LogP contribution in [0.15, 0.2) is 83.4 Å². The second kappa shape index (κ2) is 11.7. The molecule has 6 nitrogen and oxygen atoms in total. The number of thiazole rings is 1. The molecule has 0 aliphatic rings. The smallest absolute Gasteiger partial charge is 0.449 e. The maximum atomic E-state index is 14.1. The van der Waals surface area contributed by atoms with Gasteiger partial charge in [0.15, 0.2) is 0 Å². The number of fused-ring (bicyclic) bond motifs is 1. The molecule has 5 rings (SSSR count). The molecule has 0 aliphatic carbocycles. The molecule has 222 valence electrons. The third-order valence-electron chi connectivity index (χ3n) is 7.35. The molecule has 0 fully saturated rings. The number of methoxy groups -OCH3 is 1. The van der Waals surface area contributed by atoms with Gasteiger partial charge in [0.1, 0.15) is 10.8 Å². The van der Waals surface area contributed by atoms with Crippen molar-refractivity contribution in [2.45, 2.75) is 45.5 Å². The molecule has 0 radical (unpaired) electrons. The molecule has 0 unspecified atom stereocenters. The maximum Gasteiger partial charge on any atom is 0.449 e. The summed E-state index contributed by atoms with van der Waals surface area (Å²) in [5, 5.41) is 2.30. The van der Waals surface area contributed by atoms with Crippen LogP contribution in [0.5, 0.6) is 0 Å². The summed E-state index contributed by atoms with van der Waals surface area (Å²) in [5.74, 6) is -1.81. The average Bonchev–Trinajstić information content (AvgIpc) is 3.66. The standard InChI is InChI=1S/C33H29F3N2O4S/c1-20-12-13-21-8-5-6-11-26(21)28(20)30(39)38(18-24-14-15-27(42-24)33(34,35)36)19-25-17-37-29(43-25)22-9-7-10-23(16-22)32(2,3)31(40)41-4/h5-17H,18-19H2,1-4H3. The molecule has 1 amide bonds. The number of furan rings is 1. The summed E-state index contributed by atoms with van der Waals surface area (Å²) < 4.78 is 49.8. The summed E-state index contributed by atoms with van der Waals surface area (Å²) in [6, 6.07) is 20.8. The number of aromatic nitrogens is 1. The molecule has 0 saturated carbocycles. The van der Waals surface area contributed by atoms with E-state index >= 15 is 0 Å². The van der Waals surface area contributed by atoms with Crippen molar-refractivity contribution in [3.05, 3.63) is 112 Å². The lowest BCUT2D eigenvalue weighted by Gasteiger charge is -2.23. The van der Waals surface area contributed by atoms with Crippen molar-refractivity contribution < 1.29 is 31.9 Å². The fourth-order valence-corrected chi connectivity index (χ4v) is 5.87. The van der Waals surface area contributed by atoms with Crippen LogP contribution >= 0.6 is 11.3 Å². The number of carbonyl (C=O) groups excluding carboxylic acids is 2. The zero-order chi connectivity index (χ0) is 30.9. The van der Waals surface area contributed by atoms with E-state index in [4.69, 9.17) is 9.15 Å². The quantitative estimate of drug-likeness (QED) is 0.167. The first-order chi connectivity index (χ1) is 20.4. The maximum absolute atomic E-state index is 14.1. The van der Waals surface area contributed by atoms with E-state index < -0.39 is 17.4 Å². The van der Waals surface area contributed by atoms with Gasteiger partial charge >= 0.3 is 12.1 Å². The summed E-state index contributed by atoms with van der Waals surface area (Å²) in [5.41, 5.74) is 1.90. The zero-order valence-electron chi connectivity index (χ0n) is 24.0. The number of benzene rings is 3. The Morgan fingerprint density at radius 2 is 1.74 bits per heavy atom. The minimum Gasteiger partial charge on any atom is -0.468 e. The summed E-state index contributed by atoms with van der Waals surface area (Å²) in [6.45, 7) is 5.31. The number of hydrogen-bond donors (Lipinski definition) is 0. The number of ether oxygens (including phenoxy) is 1. The Bertz CT molecular complexity index is 1810. The largest absolute Gasteiger partial charge is 0.468 e. The van der Waals surface area contributed by atoms with Crippen LogP contribution in [0, 0.1) is 6.92 Å². The molecule has 2 aromatic heterocycles. The van der Waals surface area contributed by atoms with Gasteiger partial charge < -0.3 is 14.1 Å². The molecule has 0 N–H and O–H groups in total. The number of carbonyl (C=O) groups is 2. The fraction of sp³-hybridized carbons (Fsp3) is 0.242. The van der Waals surface area contributed by atoms with E-state index in [1.165, 1.54) is 29.4 Å². The highest BCUT2D eigenvalue weighted by atomic mass is 32.1. The van der Waals surface area contributed by atoms with Crippen molar-refractivity contribution >= 4 is 34.0 Å². The van der Waals surface area contributed by atoms with Crippen LogP contribution < -0.4 is 0 Å². The number of alkyl halides is 3. The number of aryl methyl sites for hydroxylation is 1. The molecular formula is C33H29F3N2O4S. The van der Waals surface area contributed by atoms with Crippen LogP contribution in [0.25, 0.3) is 21.3 Å². The Labute approximate surface area is 250 Å². The van der Waals surface area contributed by atoms with E-state index in [1.54, 1.807) is 20.0 Å². The zero-order valence-corrected chi connectivity index (χ0v) is 24.8. The SMILES string of the molecule is COC(=O)C(C)(C)c1cccc(-c2ncc(CN(Cc3ccc(C(F)(F)F)o3)C(=O)c3c(C)ccc4ccccc34)s2)c1. The molecule has 0 spiro atoms. The molecule has 0 aliphatic heterocycles. The molecule has 43 heavy (non-hydrogen) atoms. The van der Waals surface area contributed by atoms with Crippen LogP contribution in [-0.2, 0) is 34.2 Å². The predicted octanol–water partition coefficient (Wildman–Crippen LogP) is 8.18. The monoisotopic (exact) mass is 606 g/mol. The second-order valence-corrected chi connectivity index (χ2v) is 11.8. The van der Waals surface area contributed by atoms with Gasteiger partial charge in [0.25, 0.3) is 5.91 Å². The lowest BCUT2D eigenvalue weighted by Crippen LogP contribution is -2.30. The summed E-state index contributed by atoms with van der Waals surface area (Å²) in [7, 11) is 1.35. The normalized spacial score (nSPS) is 12.0. The van der Waals surface area contributed by atoms with E-state index in [1.807, 2.05) is 67.6 Å². The number of esters is 1. The molecule has 5 aromatic rings. The van der Waals surface area contributed by atoms with E-state index in [0.717, 1.165) is 38.4 Å². The molecule has 0 saturated heterocycles. The molecular weight excluding hydrogens is 577 g/mol. The first-order valence-electron chi connectivity index (χ1n) is 13.5.